The van der Waals surface area contributed by atoms with Crippen LogP contribution in [0.3, 0.4) is 0 Å². The number of carbonyl (C=O) groups is 1. The summed E-state index contributed by atoms with van der Waals surface area (Å²) in [5.74, 6) is 0.655. The Balaban J connectivity index is 1.65. The molecule has 1 fully saturated rings. The van der Waals surface area contributed by atoms with Crippen LogP contribution in [0.1, 0.15) is 42.2 Å². The number of nitrogens with zero attached hydrogens (tertiary/aromatic N) is 4. The predicted molar refractivity (Wildman–Crippen MR) is 113 cm³/mol. The number of hydrogen-bond acceptors (Lipinski definition) is 5. The quantitative estimate of drug-likeness (QED) is 0.639. The molecule has 0 atom stereocenters. The standard InChI is InChI=1S/C21H24ClN5O2/c1-3-26(13-14-7-9-16(29-2)10-8-14)17-11-19(22)25-27-18(12-23-20(17)27)21(28)24-15-5-4-6-15/h7-12,15H,3-6,13H2,1-2H3,(H,24,28). The van der Waals surface area contributed by atoms with Gasteiger partial charge in [-0.05, 0) is 43.9 Å². The van der Waals surface area contributed by atoms with Crippen molar-refractivity contribution in [3.8, 4) is 5.75 Å². The van der Waals surface area contributed by atoms with E-state index in [4.69, 9.17) is 16.3 Å². The Labute approximate surface area is 174 Å². The average molecular weight is 414 g/mol. The molecule has 1 N–H and O–H groups in total. The monoisotopic (exact) mass is 413 g/mol. The number of nitrogens with one attached hydrogen (secondary N) is 1. The molecule has 0 radical (unpaired) electrons. The van der Waals surface area contributed by atoms with Gasteiger partial charge in [0.25, 0.3) is 5.91 Å². The summed E-state index contributed by atoms with van der Waals surface area (Å²) in [7, 11) is 1.65. The van der Waals surface area contributed by atoms with E-state index in [2.05, 4.69) is 27.2 Å². The molecular formula is C21H24ClN5O2. The maximum atomic E-state index is 12.7. The molecule has 1 aromatic carbocycles. The van der Waals surface area contributed by atoms with Gasteiger partial charge in [0.05, 0.1) is 19.0 Å². The molecule has 7 nitrogen and oxygen atoms in total. The molecule has 3 aromatic rings. The number of hydrogen-bond donors (Lipinski definition) is 1. The third kappa shape index (κ3) is 4.00. The fourth-order valence-corrected chi connectivity index (χ4v) is 3.62. The van der Waals surface area contributed by atoms with Crippen LogP contribution in [0.5, 0.6) is 5.75 Å². The van der Waals surface area contributed by atoms with Crippen molar-refractivity contribution in [1.82, 2.24) is 19.9 Å². The largest absolute Gasteiger partial charge is 0.497 e. The molecule has 0 bridgehead atoms. The molecular weight excluding hydrogens is 390 g/mol. The molecule has 4 rings (SSSR count). The Bertz CT molecular complexity index is 1010. The van der Waals surface area contributed by atoms with Crippen LogP contribution in [0.4, 0.5) is 5.69 Å². The second-order valence-electron chi connectivity index (χ2n) is 7.19. The van der Waals surface area contributed by atoms with Crippen molar-refractivity contribution in [2.45, 2.75) is 38.8 Å². The van der Waals surface area contributed by atoms with Crippen LogP contribution in [0.2, 0.25) is 5.15 Å². The van der Waals surface area contributed by atoms with Gasteiger partial charge in [-0.15, -0.1) is 0 Å². The number of benzene rings is 1. The van der Waals surface area contributed by atoms with Crippen LogP contribution in [-0.4, -0.2) is 40.2 Å². The van der Waals surface area contributed by atoms with E-state index in [1.54, 1.807) is 23.9 Å². The van der Waals surface area contributed by atoms with E-state index in [0.717, 1.165) is 42.8 Å². The van der Waals surface area contributed by atoms with Gasteiger partial charge < -0.3 is 15.0 Å². The minimum absolute atomic E-state index is 0.166. The van der Waals surface area contributed by atoms with Gasteiger partial charge in [-0.25, -0.2) is 9.50 Å². The van der Waals surface area contributed by atoms with Crippen molar-refractivity contribution >= 4 is 28.8 Å². The maximum absolute atomic E-state index is 12.7. The number of imidazole rings is 1. The van der Waals surface area contributed by atoms with Crippen molar-refractivity contribution in [2.24, 2.45) is 0 Å². The number of fused-ring (bicyclic) bond motifs is 1. The number of amides is 1. The molecule has 0 spiro atoms. The summed E-state index contributed by atoms with van der Waals surface area (Å²) in [4.78, 5) is 19.3. The van der Waals surface area contributed by atoms with E-state index >= 15 is 0 Å². The number of ether oxygens (including phenoxy) is 1. The zero-order valence-corrected chi connectivity index (χ0v) is 17.3. The molecule has 1 aliphatic rings. The van der Waals surface area contributed by atoms with E-state index < -0.39 is 0 Å². The molecule has 0 unspecified atom stereocenters. The first-order valence-corrected chi connectivity index (χ1v) is 10.2. The average Bonchev–Trinajstić information content (AvgIpc) is 3.12. The second-order valence-corrected chi connectivity index (χ2v) is 7.58. The van der Waals surface area contributed by atoms with Crippen molar-refractivity contribution in [1.29, 1.82) is 0 Å². The van der Waals surface area contributed by atoms with E-state index in [-0.39, 0.29) is 11.9 Å². The first-order chi connectivity index (χ1) is 14.1. The lowest BCUT2D eigenvalue weighted by Crippen LogP contribution is -2.40. The zero-order chi connectivity index (χ0) is 20.4. The first kappa shape index (κ1) is 19.5. The molecule has 0 aliphatic heterocycles. The fourth-order valence-electron chi connectivity index (χ4n) is 3.44. The van der Waals surface area contributed by atoms with E-state index in [1.807, 2.05) is 24.3 Å². The summed E-state index contributed by atoms with van der Waals surface area (Å²) in [6.45, 7) is 3.49. The van der Waals surface area contributed by atoms with E-state index in [0.29, 0.717) is 23.0 Å². The minimum atomic E-state index is -0.166. The summed E-state index contributed by atoms with van der Waals surface area (Å²) in [6, 6.07) is 9.99. The number of methoxy groups -OCH3 is 1. The molecule has 152 valence electrons. The highest BCUT2D eigenvalue weighted by Crippen LogP contribution is 2.27. The summed E-state index contributed by atoms with van der Waals surface area (Å²) in [5, 5.41) is 7.68. The third-order valence-electron chi connectivity index (χ3n) is 5.35. The molecule has 1 saturated carbocycles. The van der Waals surface area contributed by atoms with Crippen molar-refractivity contribution in [2.75, 3.05) is 18.6 Å². The summed E-state index contributed by atoms with van der Waals surface area (Å²) in [5.41, 5.74) is 2.99. The molecule has 1 amide bonds. The Morgan fingerprint density at radius 2 is 2.10 bits per heavy atom. The Morgan fingerprint density at radius 3 is 2.72 bits per heavy atom. The van der Waals surface area contributed by atoms with Crippen LogP contribution in [0.25, 0.3) is 5.65 Å². The Kier molecular flexibility index (Phi) is 5.58. The van der Waals surface area contributed by atoms with Crippen molar-refractivity contribution in [3.63, 3.8) is 0 Å². The fraction of sp³-hybridized carbons (Fsp3) is 0.381. The van der Waals surface area contributed by atoms with Crippen LogP contribution >= 0.6 is 11.6 Å². The normalized spacial score (nSPS) is 13.9. The van der Waals surface area contributed by atoms with Gasteiger partial charge in [-0.2, -0.15) is 5.10 Å². The SMILES string of the molecule is CCN(Cc1ccc(OC)cc1)c1cc(Cl)nn2c(C(=O)NC3CCC3)cnc12. The van der Waals surface area contributed by atoms with Crippen LogP contribution in [0, 0.1) is 0 Å². The van der Waals surface area contributed by atoms with Gasteiger partial charge >= 0.3 is 0 Å². The van der Waals surface area contributed by atoms with Gasteiger partial charge in [0.15, 0.2) is 16.5 Å². The molecule has 29 heavy (non-hydrogen) atoms. The van der Waals surface area contributed by atoms with E-state index in [9.17, 15) is 4.79 Å². The van der Waals surface area contributed by atoms with Gasteiger partial charge in [0.1, 0.15) is 5.75 Å². The molecule has 0 saturated heterocycles. The van der Waals surface area contributed by atoms with Gasteiger partial charge in [0, 0.05) is 25.2 Å². The van der Waals surface area contributed by atoms with Gasteiger partial charge in [-0.3, -0.25) is 4.79 Å². The number of anilines is 1. The van der Waals surface area contributed by atoms with Crippen LogP contribution in [-0.2, 0) is 6.54 Å². The van der Waals surface area contributed by atoms with Crippen LogP contribution in [0.15, 0.2) is 36.5 Å². The van der Waals surface area contributed by atoms with Crippen LogP contribution < -0.4 is 15.0 Å². The van der Waals surface area contributed by atoms with E-state index in [1.165, 1.54) is 0 Å². The number of carbonyl (C=O) groups excluding carboxylic acids is 1. The molecule has 2 aromatic heterocycles. The number of aromatic nitrogens is 3. The smallest absolute Gasteiger partial charge is 0.271 e. The Hall–Kier alpha value is -2.80. The molecule has 8 heteroatoms. The highest BCUT2D eigenvalue weighted by molar-refractivity contribution is 6.29. The lowest BCUT2D eigenvalue weighted by Gasteiger charge is -2.26. The lowest BCUT2D eigenvalue weighted by atomic mass is 9.93. The molecule has 2 heterocycles. The topological polar surface area (TPSA) is 71.8 Å². The lowest BCUT2D eigenvalue weighted by molar-refractivity contribution is 0.0910. The highest BCUT2D eigenvalue weighted by atomic mass is 35.5. The first-order valence-electron chi connectivity index (χ1n) is 9.82. The number of halogens is 1. The summed E-state index contributed by atoms with van der Waals surface area (Å²) >= 11 is 6.31. The van der Waals surface area contributed by atoms with Crippen molar-refractivity contribution < 1.29 is 9.53 Å². The number of rotatable bonds is 7. The van der Waals surface area contributed by atoms with Crippen molar-refractivity contribution in [3.05, 3.63) is 52.9 Å². The zero-order valence-electron chi connectivity index (χ0n) is 16.6. The minimum Gasteiger partial charge on any atom is -0.497 e. The Morgan fingerprint density at radius 1 is 1.34 bits per heavy atom. The third-order valence-corrected chi connectivity index (χ3v) is 5.53. The second kappa shape index (κ2) is 8.29. The molecule has 1 aliphatic carbocycles. The van der Waals surface area contributed by atoms with Gasteiger partial charge in [0.2, 0.25) is 0 Å². The summed E-state index contributed by atoms with van der Waals surface area (Å²) < 4.78 is 6.78. The predicted octanol–water partition coefficient (Wildman–Crippen LogP) is 3.70. The van der Waals surface area contributed by atoms with Gasteiger partial charge in [-0.1, -0.05) is 23.7 Å². The summed E-state index contributed by atoms with van der Waals surface area (Å²) in [6.07, 6.45) is 4.77. The highest BCUT2D eigenvalue weighted by Gasteiger charge is 2.24. The maximum Gasteiger partial charge on any atom is 0.271 e.